The van der Waals surface area contributed by atoms with Crippen molar-refractivity contribution in [2.24, 2.45) is 0 Å². The third-order valence-corrected chi connectivity index (χ3v) is 3.54. The average Bonchev–Trinajstić information content (AvgIpc) is 2.54. The number of anilines is 2. The number of hydrogen-bond donors (Lipinski definition) is 2. The molecule has 2 aromatic rings. The summed E-state index contributed by atoms with van der Waals surface area (Å²) >= 11 is 0. The molecule has 2 N–H and O–H groups in total. The fourth-order valence-electron chi connectivity index (χ4n) is 2.39. The van der Waals surface area contributed by atoms with E-state index in [0.717, 1.165) is 11.3 Å². The number of fused-ring (bicyclic) bond motifs is 1. The van der Waals surface area contributed by atoms with Crippen molar-refractivity contribution < 1.29 is 14.3 Å². The molecule has 0 saturated carbocycles. The van der Waals surface area contributed by atoms with E-state index < -0.39 is 6.10 Å². The van der Waals surface area contributed by atoms with Crippen LogP contribution >= 0.6 is 0 Å². The highest BCUT2D eigenvalue weighted by Crippen LogP contribution is 2.29. The molecule has 5 nitrogen and oxygen atoms in total. The van der Waals surface area contributed by atoms with Crippen molar-refractivity contribution in [1.29, 1.82) is 0 Å². The lowest BCUT2D eigenvalue weighted by molar-refractivity contribution is -0.122. The Balaban J connectivity index is 1.75. The first-order chi connectivity index (χ1) is 10.7. The number of benzene rings is 2. The van der Waals surface area contributed by atoms with Crippen LogP contribution in [0.4, 0.5) is 11.4 Å². The van der Waals surface area contributed by atoms with Crippen molar-refractivity contribution >= 4 is 17.3 Å². The summed E-state index contributed by atoms with van der Waals surface area (Å²) < 4.78 is 11.0. The van der Waals surface area contributed by atoms with Crippen molar-refractivity contribution in [2.75, 3.05) is 24.3 Å². The van der Waals surface area contributed by atoms with Crippen LogP contribution in [0.5, 0.6) is 11.5 Å². The van der Waals surface area contributed by atoms with Gasteiger partial charge in [-0.2, -0.15) is 0 Å². The Kier molecular flexibility index (Phi) is 3.87. The molecule has 0 spiro atoms. The van der Waals surface area contributed by atoms with E-state index >= 15 is 0 Å². The lowest BCUT2D eigenvalue weighted by atomic mass is 10.2. The zero-order valence-corrected chi connectivity index (χ0v) is 12.6. The van der Waals surface area contributed by atoms with Crippen LogP contribution in [0.15, 0.2) is 42.5 Å². The van der Waals surface area contributed by atoms with Gasteiger partial charge in [-0.25, -0.2) is 0 Å². The van der Waals surface area contributed by atoms with Crippen LogP contribution in [0.1, 0.15) is 5.56 Å². The number of ether oxygens (including phenoxy) is 2. The van der Waals surface area contributed by atoms with Crippen LogP contribution in [-0.4, -0.2) is 25.7 Å². The van der Waals surface area contributed by atoms with Crippen LogP contribution in [0, 0.1) is 6.92 Å². The number of carbonyl (C=O) groups excluding carboxylic acids is 1. The number of aryl methyl sites for hydroxylation is 1. The predicted molar refractivity (Wildman–Crippen MR) is 85.7 cm³/mol. The molecule has 0 aromatic heterocycles. The Morgan fingerprint density at radius 2 is 2.14 bits per heavy atom. The van der Waals surface area contributed by atoms with E-state index in [1.54, 1.807) is 7.11 Å². The summed E-state index contributed by atoms with van der Waals surface area (Å²) in [4.78, 5) is 12.4. The Morgan fingerprint density at radius 3 is 2.95 bits per heavy atom. The van der Waals surface area contributed by atoms with E-state index in [1.165, 1.54) is 0 Å². The summed E-state index contributed by atoms with van der Waals surface area (Å²) in [6, 6.07) is 13.2. The zero-order chi connectivity index (χ0) is 15.5. The third kappa shape index (κ3) is 2.83. The Hall–Kier alpha value is -2.69. The lowest BCUT2D eigenvalue weighted by Crippen LogP contribution is -2.41. The van der Waals surface area contributed by atoms with Gasteiger partial charge in [0.1, 0.15) is 11.5 Å². The maximum atomic E-state index is 12.4. The molecule has 0 aliphatic carbocycles. The molecule has 114 valence electrons. The van der Waals surface area contributed by atoms with Gasteiger partial charge in [-0.1, -0.05) is 18.2 Å². The second kappa shape index (κ2) is 5.97. The molecule has 1 aliphatic heterocycles. The quantitative estimate of drug-likeness (QED) is 0.915. The molecule has 0 fully saturated rings. The molecule has 1 heterocycles. The maximum Gasteiger partial charge on any atom is 0.267 e. The van der Waals surface area contributed by atoms with E-state index in [2.05, 4.69) is 10.6 Å². The van der Waals surface area contributed by atoms with Crippen molar-refractivity contribution in [3.8, 4) is 11.5 Å². The summed E-state index contributed by atoms with van der Waals surface area (Å²) in [6.45, 7) is 2.39. The number of para-hydroxylation sites is 2. The van der Waals surface area contributed by atoms with Gasteiger partial charge in [-0.3, -0.25) is 4.79 Å². The molecule has 0 bridgehead atoms. The van der Waals surface area contributed by atoms with Gasteiger partial charge in [0, 0.05) is 0 Å². The minimum Gasteiger partial charge on any atom is -0.495 e. The highest BCUT2D eigenvalue weighted by atomic mass is 16.5. The van der Waals surface area contributed by atoms with Crippen LogP contribution in [0.25, 0.3) is 0 Å². The molecule has 1 aliphatic rings. The van der Waals surface area contributed by atoms with E-state index in [1.807, 2.05) is 49.4 Å². The van der Waals surface area contributed by atoms with Crippen molar-refractivity contribution in [1.82, 2.24) is 0 Å². The van der Waals surface area contributed by atoms with E-state index in [-0.39, 0.29) is 5.91 Å². The largest absolute Gasteiger partial charge is 0.495 e. The standard InChI is InChI=1S/C17H18N2O3/c1-11-7-8-14(21-2)13(9-11)19-17(20)16-10-18-12-5-3-4-6-15(12)22-16/h3-9,16,18H,10H2,1-2H3,(H,19,20). The first kappa shape index (κ1) is 14.3. The molecule has 22 heavy (non-hydrogen) atoms. The molecule has 2 aromatic carbocycles. The highest BCUT2D eigenvalue weighted by molar-refractivity contribution is 5.96. The SMILES string of the molecule is COc1ccc(C)cc1NC(=O)C1CNc2ccccc2O1. The highest BCUT2D eigenvalue weighted by Gasteiger charge is 2.26. The molecule has 0 saturated heterocycles. The summed E-state index contributed by atoms with van der Waals surface area (Å²) in [5.74, 6) is 1.11. The van der Waals surface area contributed by atoms with Crippen LogP contribution in [-0.2, 0) is 4.79 Å². The number of methoxy groups -OCH3 is 1. The van der Waals surface area contributed by atoms with Gasteiger partial charge in [0.15, 0.2) is 6.10 Å². The van der Waals surface area contributed by atoms with Crippen molar-refractivity contribution in [3.63, 3.8) is 0 Å². The minimum atomic E-state index is -0.583. The molecule has 0 radical (unpaired) electrons. The van der Waals surface area contributed by atoms with E-state index in [0.29, 0.717) is 23.7 Å². The Bertz CT molecular complexity index is 700. The summed E-state index contributed by atoms with van der Waals surface area (Å²) in [5, 5.41) is 6.08. The average molecular weight is 298 g/mol. The predicted octanol–water partition coefficient (Wildman–Crippen LogP) is 2.82. The normalized spacial score (nSPS) is 16.0. The number of carbonyl (C=O) groups is 1. The third-order valence-electron chi connectivity index (χ3n) is 3.54. The zero-order valence-electron chi connectivity index (χ0n) is 12.6. The van der Waals surface area contributed by atoms with Crippen LogP contribution in [0.2, 0.25) is 0 Å². The van der Waals surface area contributed by atoms with Gasteiger partial charge in [-0.15, -0.1) is 0 Å². The molecule has 1 atom stereocenters. The first-order valence-electron chi connectivity index (χ1n) is 7.12. The molecule has 5 heteroatoms. The van der Waals surface area contributed by atoms with E-state index in [4.69, 9.17) is 9.47 Å². The summed E-state index contributed by atoms with van der Waals surface area (Å²) in [7, 11) is 1.58. The van der Waals surface area contributed by atoms with Gasteiger partial charge in [0.05, 0.1) is 25.0 Å². The number of nitrogens with one attached hydrogen (secondary N) is 2. The topological polar surface area (TPSA) is 59.6 Å². The van der Waals surface area contributed by atoms with Crippen LogP contribution in [0.3, 0.4) is 0 Å². The smallest absolute Gasteiger partial charge is 0.267 e. The number of rotatable bonds is 3. The molecular formula is C17H18N2O3. The van der Waals surface area contributed by atoms with Crippen molar-refractivity contribution in [3.05, 3.63) is 48.0 Å². The molecule has 1 unspecified atom stereocenters. The fraction of sp³-hybridized carbons (Fsp3) is 0.235. The number of hydrogen-bond acceptors (Lipinski definition) is 4. The van der Waals surface area contributed by atoms with Gasteiger partial charge in [0.25, 0.3) is 5.91 Å². The Morgan fingerprint density at radius 1 is 1.32 bits per heavy atom. The van der Waals surface area contributed by atoms with Gasteiger partial charge < -0.3 is 20.1 Å². The van der Waals surface area contributed by atoms with E-state index in [9.17, 15) is 4.79 Å². The lowest BCUT2D eigenvalue weighted by Gasteiger charge is -2.26. The second-order valence-electron chi connectivity index (χ2n) is 5.18. The molecule has 1 amide bonds. The molecular weight excluding hydrogens is 280 g/mol. The second-order valence-corrected chi connectivity index (χ2v) is 5.18. The summed E-state index contributed by atoms with van der Waals surface area (Å²) in [6.07, 6.45) is -0.583. The maximum absolute atomic E-state index is 12.4. The van der Waals surface area contributed by atoms with Crippen molar-refractivity contribution in [2.45, 2.75) is 13.0 Å². The Labute approximate surface area is 129 Å². The first-order valence-corrected chi connectivity index (χ1v) is 7.12. The van der Waals surface area contributed by atoms with Gasteiger partial charge in [-0.05, 0) is 36.8 Å². The minimum absolute atomic E-state index is 0.203. The van der Waals surface area contributed by atoms with Gasteiger partial charge >= 0.3 is 0 Å². The fourth-order valence-corrected chi connectivity index (χ4v) is 2.39. The summed E-state index contributed by atoms with van der Waals surface area (Å²) in [5.41, 5.74) is 2.60. The van der Waals surface area contributed by atoms with Gasteiger partial charge in [0.2, 0.25) is 0 Å². The monoisotopic (exact) mass is 298 g/mol. The van der Waals surface area contributed by atoms with Crippen LogP contribution < -0.4 is 20.1 Å². The molecule has 3 rings (SSSR count). The number of amides is 1.